The Kier molecular flexibility index (Phi) is 4.45. The molecule has 1 aliphatic carbocycles. The summed E-state index contributed by atoms with van der Waals surface area (Å²) >= 11 is 0. The van der Waals surface area contributed by atoms with Crippen molar-refractivity contribution in [3.8, 4) is 0 Å². The lowest BCUT2D eigenvalue weighted by Crippen LogP contribution is -2.46. The molecule has 0 bridgehead atoms. The van der Waals surface area contributed by atoms with Crippen LogP contribution < -0.4 is 0 Å². The van der Waals surface area contributed by atoms with Crippen molar-refractivity contribution < 1.29 is 9.16 Å². The Labute approximate surface area is 133 Å². The lowest BCUT2D eigenvalue weighted by Gasteiger charge is -2.41. The largest absolute Gasteiger partial charge is 0.416 e. The second-order valence-electron chi connectivity index (χ2n) is 9.50. The molecular formula is C18H36O2Si. The molecule has 2 nitrogen and oxygen atoms in total. The average molecular weight is 313 g/mol. The molecule has 21 heavy (non-hydrogen) atoms. The predicted octanol–water partition coefficient (Wildman–Crippen LogP) is 5.38. The molecule has 2 rings (SSSR count). The normalized spacial score (nSPS) is 32.7. The molecule has 0 spiro atoms. The molecule has 0 aromatic carbocycles. The third-order valence-corrected chi connectivity index (χ3v) is 11.0. The molecule has 2 aliphatic rings. The molecule has 2 fully saturated rings. The van der Waals surface area contributed by atoms with Crippen molar-refractivity contribution in [2.75, 3.05) is 6.61 Å². The zero-order valence-electron chi connectivity index (χ0n) is 15.5. The van der Waals surface area contributed by atoms with Crippen LogP contribution in [0.25, 0.3) is 0 Å². The Balaban J connectivity index is 2.01. The summed E-state index contributed by atoms with van der Waals surface area (Å²) in [7, 11) is -1.65. The second kappa shape index (κ2) is 5.35. The van der Waals surface area contributed by atoms with Gasteiger partial charge in [-0.05, 0) is 56.7 Å². The van der Waals surface area contributed by atoms with Gasteiger partial charge in [-0.25, -0.2) is 0 Å². The molecule has 0 radical (unpaired) electrons. The van der Waals surface area contributed by atoms with Gasteiger partial charge in [-0.3, -0.25) is 0 Å². The topological polar surface area (TPSA) is 18.5 Å². The first-order valence-corrected chi connectivity index (χ1v) is 11.7. The van der Waals surface area contributed by atoms with E-state index in [1.165, 1.54) is 25.7 Å². The van der Waals surface area contributed by atoms with Crippen LogP contribution in [0.3, 0.4) is 0 Å². The molecule has 1 heterocycles. The predicted molar refractivity (Wildman–Crippen MR) is 92.2 cm³/mol. The third kappa shape index (κ3) is 3.25. The van der Waals surface area contributed by atoms with Crippen molar-refractivity contribution in [3.05, 3.63) is 0 Å². The Morgan fingerprint density at radius 1 is 1.19 bits per heavy atom. The van der Waals surface area contributed by atoms with E-state index >= 15 is 0 Å². The highest BCUT2D eigenvalue weighted by Gasteiger charge is 2.61. The lowest BCUT2D eigenvalue weighted by molar-refractivity contribution is -0.101. The van der Waals surface area contributed by atoms with E-state index in [1.807, 2.05) is 0 Å². The van der Waals surface area contributed by atoms with E-state index < -0.39 is 8.32 Å². The van der Waals surface area contributed by atoms with Gasteiger partial charge >= 0.3 is 0 Å². The van der Waals surface area contributed by atoms with Crippen LogP contribution in [-0.4, -0.2) is 26.6 Å². The fourth-order valence-corrected chi connectivity index (χ4v) is 4.31. The highest BCUT2D eigenvalue weighted by Crippen LogP contribution is 2.60. The molecule has 2 atom stereocenters. The van der Waals surface area contributed by atoms with Crippen molar-refractivity contribution in [2.24, 2.45) is 11.3 Å². The van der Waals surface area contributed by atoms with Crippen LogP contribution in [0.1, 0.15) is 67.2 Å². The van der Waals surface area contributed by atoms with Crippen LogP contribution in [0.5, 0.6) is 0 Å². The number of hydrogen-bond donors (Lipinski definition) is 0. The summed E-state index contributed by atoms with van der Waals surface area (Å²) in [6, 6.07) is 0. The van der Waals surface area contributed by atoms with Gasteiger partial charge in [-0.2, -0.15) is 0 Å². The van der Waals surface area contributed by atoms with Crippen molar-refractivity contribution in [2.45, 2.75) is 97.1 Å². The second-order valence-corrected chi connectivity index (χ2v) is 14.3. The highest BCUT2D eigenvalue weighted by molar-refractivity contribution is 6.74. The Hall–Kier alpha value is 0.137. The standard InChI is InChI=1S/C18H36O2Si/c1-14(2)15-9-10-17(6,20-15)18(11-12-18)13-19-21(7,8)16(3,4)5/h14-15H,9-13H2,1-8H3. The van der Waals surface area contributed by atoms with E-state index in [0.717, 1.165) is 6.61 Å². The molecular weight excluding hydrogens is 276 g/mol. The van der Waals surface area contributed by atoms with Crippen LogP contribution in [0.15, 0.2) is 0 Å². The lowest BCUT2D eigenvalue weighted by atomic mass is 9.84. The first-order chi connectivity index (χ1) is 9.43. The fraction of sp³-hybridized carbons (Fsp3) is 1.00. The van der Waals surface area contributed by atoms with Crippen molar-refractivity contribution >= 4 is 8.32 Å². The number of rotatable bonds is 5. The van der Waals surface area contributed by atoms with E-state index in [9.17, 15) is 0 Å². The van der Waals surface area contributed by atoms with E-state index in [-0.39, 0.29) is 5.60 Å². The highest BCUT2D eigenvalue weighted by atomic mass is 28.4. The summed E-state index contributed by atoms with van der Waals surface area (Å²) in [4.78, 5) is 0. The number of ether oxygens (including phenoxy) is 1. The molecule has 0 aromatic rings. The molecule has 1 saturated carbocycles. The molecule has 0 aromatic heterocycles. The summed E-state index contributed by atoms with van der Waals surface area (Å²) in [5.41, 5.74) is 0.344. The smallest absolute Gasteiger partial charge is 0.192 e. The summed E-state index contributed by atoms with van der Waals surface area (Å²) in [6.45, 7) is 19.5. The van der Waals surface area contributed by atoms with E-state index in [4.69, 9.17) is 9.16 Å². The number of hydrogen-bond acceptors (Lipinski definition) is 2. The fourth-order valence-electron chi connectivity index (χ4n) is 3.24. The maximum atomic E-state index is 6.55. The van der Waals surface area contributed by atoms with Crippen LogP contribution in [0.2, 0.25) is 18.1 Å². The van der Waals surface area contributed by atoms with E-state index in [1.54, 1.807) is 0 Å². The minimum Gasteiger partial charge on any atom is -0.416 e. The molecule has 1 aliphatic heterocycles. The monoisotopic (exact) mass is 312 g/mol. The van der Waals surface area contributed by atoms with Gasteiger partial charge in [0.2, 0.25) is 0 Å². The van der Waals surface area contributed by atoms with E-state index in [2.05, 4.69) is 54.6 Å². The summed E-state index contributed by atoms with van der Waals surface area (Å²) in [5, 5.41) is 0.293. The third-order valence-electron chi connectivity index (χ3n) is 6.55. The summed E-state index contributed by atoms with van der Waals surface area (Å²) < 4.78 is 13.1. The van der Waals surface area contributed by atoms with Gasteiger partial charge in [0.15, 0.2) is 8.32 Å². The summed E-state index contributed by atoms with van der Waals surface area (Å²) in [5.74, 6) is 0.629. The van der Waals surface area contributed by atoms with Crippen LogP contribution in [0.4, 0.5) is 0 Å². The van der Waals surface area contributed by atoms with Gasteiger partial charge in [0, 0.05) is 12.0 Å². The van der Waals surface area contributed by atoms with Crippen molar-refractivity contribution in [3.63, 3.8) is 0 Å². The average Bonchev–Trinajstić information content (AvgIpc) is 3.03. The first-order valence-electron chi connectivity index (χ1n) is 8.74. The molecule has 0 N–H and O–H groups in total. The van der Waals surface area contributed by atoms with E-state index in [0.29, 0.717) is 22.5 Å². The summed E-state index contributed by atoms with van der Waals surface area (Å²) in [6.07, 6.45) is 5.43. The van der Waals surface area contributed by atoms with Crippen LogP contribution in [0, 0.1) is 11.3 Å². The molecule has 1 saturated heterocycles. The minimum atomic E-state index is -1.65. The maximum absolute atomic E-state index is 6.55. The van der Waals surface area contributed by atoms with Crippen LogP contribution in [-0.2, 0) is 9.16 Å². The molecule has 124 valence electrons. The Morgan fingerprint density at radius 2 is 1.76 bits per heavy atom. The van der Waals surface area contributed by atoms with Crippen LogP contribution >= 0.6 is 0 Å². The van der Waals surface area contributed by atoms with Gasteiger partial charge < -0.3 is 9.16 Å². The maximum Gasteiger partial charge on any atom is 0.192 e. The zero-order valence-corrected chi connectivity index (χ0v) is 16.5. The van der Waals surface area contributed by atoms with Gasteiger partial charge in [0.1, 0.15) is 0 Å². The SMILES string of the molecule is CC(C)C1CCC(C)(C2(CO[Si](C)(C)C(C)(C)C)CC2)O1. The molecule has 2 unspecified atom stereocenters. The zero-order chi connectivity index (χ0) is 16.1. The van der Waals surface area contributed by atoms with Gasteiger partial charge in [0.05, 0.1) is 11.7 Å². The van der Waals surface area contributed by atoms with Gasteiger partial charge in [0.25, 0.3) is 0 Å². The molecule has 0 amide bonds. The van der Waals surface area contributed by atoms with Crippen molar-refractivity contribution in [1.29, 1.82) is 0 Å². The van der Waals surface area contributed by atoms with Crippen molar-refractivity contribution in [1.82, 2.24) is 0 Å². The Bertz CT molecular complexity index is 379. The molecule has 3 heteroatoms. The Morgan fingerprint density at radius 3 is 2.14 bits per heavy atom. The van der Waals surface area contributed by atoms with Gasteiger partial charge in [-0.15, -0.1) is 0 Å². The quantitative estimate of drug-likeness (QED) is 0.634. The minimum absolute atomic E-state index is 0.0459. The van der Waals surface area contributed by atoms with Gasteiger partial charge in [-0.1, -0.05) is 34.6 Å². The first kappa shape index (κ1) is 17.5.